The molecule has 0 saturated carbocycles. The van der Waals surface area contributed by atoms with Crippen LogP contribution in [0.5, 0.6) is 0 Å². The summed E-state index contributed by atoms with van der Waals surface area (Å²) in [6.45, 7) is 2.95. The smallest absolute Gasteiger partial charge is 0.320 e. The van der Waals surface area contributed by atoms with E-state index in [2.05, 4.69) is 10.6 Å². The van der Waals surface area contributed by atoms with E-state index in [1.807, 2.05) is 0 Å². The molecule has 1 saturated heterocycles. The molecule has 0 aromatic rings. The molecule has 3 N–H and O–H groups in total. The van der Waals surface area contributed by atoms with Crippen molar-refractivity contribution in [2.75, 3.05) is 18.1 Å². The summed E-state index contributed by atoms with van der Waals surface area (Å²) < 4.78 is 22.7. The molecule has 1 rings (SSSR count). The van der Waals surface area contributed by atoms with Crippen LogP contribution in [0, 0.1) is 0 Å². The number of aliphatic carboxylic acids is 1. The Morgan fingerprint density at radius 2 is 2.06 bits per heavy atom. The third kappa shape index (κ3) is 4.26. The highest BCUT2D eigenvalue weighted by Crippen LogP contribution is 2.22. The van der Waals surface area contributed by atoms with Crippen molar-refractivity contribution in [3.05, 3.63) is 0 Å². The van der Waals surface area contributed by atoms with Gasteiger partial charge in [-0.15, -0.1) is 0 Å². The predicted molar refractivity (Wildman–Crippen MR) is 64.9 cm³/mol. The van der Waals surface area contributed by atoms with Gasteiger partial charge in [-0.25, -0.2) is 8.42 Å². The Balaban J connectivity index is 2.44. The van der Waals surface area contributed by atoms with Crippen LogP contribution in [-0.4, -0.2) is 55.0 Å². The van der Waals surface area contributed by atoms with Gasteiger partial charge in [0.05, 0.1) is 23.6 Å². The van der Waals surface area contributed by atoms with E-state index in [-0.39, 0.29) is 18.1 Å². The van der Waals surface area contributed by atoms with Crippen molar-refractivity contribution in [1.29, 1.82) is 0 Å². The summed E-state index contributed by atoms with van der Waals surface area (Å²) in [7, 11) is -3.07. The molecular formula is C10H18N2O5S. The van der Waals surface area contributed by atoms with Crippen molar-refractivity contribution in [1.82, 2.24) is 10.6 Å². The number of hydrogen-bond acceptors (Lipinski definition) is 5. The van der Waals surface area contributed by atoms with Crippen LogP contribution < -0.4 is 10.6 Å². The molecule has 8 heteroatoms. The van der Waals surface area contributed by atoms with Crippen LogP contribution in [0.1, 0.15) is 20.3 Å². The van der Waals surface area contributed by atoms with Crippen molar-refractivity contribution in [2.45, 2.75) is 31.8 Å². The average Bonchev–Trinajstić information content (AvgIpc) is 2.49. The number of rotatable bonds is 5. The van der Waals surface area contributed by atoms with Gasteiger partial charge in [0.15, 0.2) is 9.84 Å². The second kappa shape index (κ2) is 5.23. The van der Waals surface area contributed by atoms with Crippen LogP contribution in [0.15, 0.2) is 0 Å². The Labute approximate surface area is 106 Å². The third-order valence-electron chi connectivity index (χ3n) is 2.88. The van der Waals surface area contributed by atoms with Crippen molar-refractivity contribution in [3.63, 3.8) is 0 Å². The Morgan fingerprint density at radius 3 is 2.50 bits per heavy atom. The van der Waals surface area contributed by atoms with Crippen molar-refractivity contribution in [2.24, 2.45) is 0 Å². The Kier molecular flexibility index (Phi) is 4.33. The lowest BCUT2D eigenvalue weighted by Gasteiger charge is -2.24. The first kappa shape index (κ1) is 14.9. The van der Waals surface area contributed by atoms with Crippen molar-refractivity contribution >= 4 is 21.7 Å². The van der Waals surface area contributed by atoms with Gasteiger partial charge < -0.3 is 10.4 Å². The van der Waals surface area contributed by atoms with Gasteiger partial charge in [-0.3, -0.25) is 14.9 Å². The van der Waals surface area contributed by atoms with Crippen LogP contribution in [-0.2, 0) is 19.4 Å². The molecule has 0 aromatic heterocycles. The first-order chi connectivity index (χ1) is 8.14. The first-order valence-electron chi connectivity index (χ1n) is 5.61. The number of nitrogens with one attached hydrogen (secondary N) is 2. The van der Waals surface area contributed by atoms with Crippen molar-refractivity contribution < 1.29 is 23.1 Å². The quantitative estimate of drug-likeness (QED) is 0.579. The highest BCUT2D eigenvalue weighted by atomic mass is 32.2. The normalized spacial score (nSPS) is 27.7. The van der Waals surface area contributed by atoms with Crippen LogP contribution in [0.25, 0.3) is 0 Å². The molecule has 18 heavy (non-hydrogen) atoms. The number of hydrogen-bond donors (Lipinski definition) is 3. The van der Waals surface area contributed by atoms with Gasteiger partial charge in [0, 0.05) is 0 Å². The van der Waals surface area contributed by atoms with E-state index in [1.165, 1.54) is 6.92 Å². The van der Waals surface area contributed by atoms with Gasteiger partial charge in [-0.1, -0.05) is 0 Å². The second-order valence-electron chi connectivity index (χ2n) is 4.89. The fourth-order valence-electron chi connectivity index (χ4n) is 1.82. The molecule has 0 bridgehead atoms. The molecule has 7 nitrogen and oxygen atoms in total. The fraction of sp³-hybridized carbons (Fsp3) is 0.800. The lowest BCUT2D eigenvalue weighted by molar-refractivity contribution is -0.139. The highest BCUT2D eigenvalue weighted by molar-refractivity contribution is 7.91. The highest BCUT2D eigenvalue weighted by Gasteiger charge is 2.39. The number of sulfone groups is 1. The molecule has 0 aromatic carbocycles. The number of carboxylic acids is 1. The topological polar surface area (TPSA) is 113 Å². The number of carboxylic acid groups (broad SMARTS) is 1. The maximum Gasteiger partial charge on any atom is 0.320 e. The summed E-state index contributed by atoms with van der Waals surface area (Å²) in [6.07, 6.45) is 0.384. The molecule has 1 heterocycles. The molecule has 1 unspecified atom stereocenters. The maximum atomic E-state index is 11.6. The van der Waals surface area contributed by atoms with Crippen LogP contribution >= 0.6 is 0 Å². The standard InChI is InChI=1S/C10H18N2O5S/c1-7(9(14)15)11-5-8(13)12-10(2)3-4-18(16,17)6-10/h7,11H,3-6H2,1-2H3,(H,12,13)(H,14,15)/t7-,10?/m1/s1. The Hall–Kier alpha value is -1.15. The first-order valence-corrected chi connectivity index (χ1v) is 7.43. The monoisotopic (exact) mass is 278 g/mol. The molecule has 0 spiro atoms. The summed E-state index contributed by atoms with van der Waals surface area (Å²) >= 11 is 0. The summed E-state index contributed by atoms with van der Waals surface area (Å²) in [4.78, 5) is 22.1. The minimum Gasteiger partial charge on any atom is -0.480 e. The van der Waals surface area contributed by atoms with E-state index in [0.29, 0.717) is 6.42 Å². The lowest BCUT2D eigenvalue weighted by atomic mass is 10.0. The number of amides is 1. The van der Waals surface area contributed by atoms with Gasteiger partial charge in [0.2, 0.25) is 5.91 Å². The van der Waals surface area contributed by atoms with Gasteiger partial charge in [-0.05, 0) is 20.3 Å². The molecular weight excluding hydrogens is 260 g/mol. The predicted octanol–water partition coefficient (Wildman–Crippen LogP) is -1.26. The van der Waals surface area contributed by atoms with Crippen LogP contribution in [0.4, 0.5) is 0 Å². The van der Waals surface area contributed by atoms with E-state index in [1.54, 1.807) is 6.92 Å². The molecule has 1 amide bonds. The van der Waals surface area contributed by atoms with E-state index in [0.717, 1.165) is 0 Å². The summed E-state index contributed by atoms with van der Waals surface area (Å²) in [6, 6.07) is -0.823. The minimum absolute atomic E-state index is 0.0692. The van der Waals surface area contributed by atoms with Crippen LogP contribution in [0.3, 0.4) is 0 Å². The largest absolute Gasteiger partial charge is 0.480 e. The van der Waals surface area contributed by atoms with Crippen LogP contribution in [0.2, 0.25) is 0 Å². The Morgan fingerprint density at radius 1 is 1.44 bits per heavy atom. The number of carbonyl (C=O) groups is 2. The summed E-state index contributed by atoms with van der Waals surface area (Å²) in [5.74, 6) is -1.44. The Bertz CT molecular complexity index is 447. The molecule has 1 fully saturated rings. The van der Waals surface area contributed by atoms with E-state index < -0.39 is 33.3 Å². The maximum absolute atomic E-state index is 11.6. The molecule has 1 aliphatic rings. The molecule has 104 valence electrons. The zero-order valence-corrected chi connectivity index (χ0v) is 11.2. The molecule has 0 radical (unpaired) electrons. The zero-order chi connectivity index (χ0) is 14.0. The SMILES string of the molecule is C[C@@H](NCC(=O)NC1(C)CCS(=O)(=O)C1)C(=O)O. The van der Waals surface area contributed by atoms with E-state index >= 15 is 0 Å². The van der Waals surface area contributed by atoms with Gasteiger partial charge in [0.1, 0.15) is 6.04 Å². The van der Waals surface area contributed by atoms with E-state index in [9.17, 15) is 18.0 Å². The van der Waals surface area contributed by atoms with Gasteiger partial charge >= 0.3 is 5.97 Å². The van der Waals surface area contributed by atoms with E-state index in [4.69, 9.17) is 5.11 Å². The molecule has 0 aliphatic carbocycles. The summed E-state index contributed by atoms with van der Waals surface area (Å²) in [5.41, 5.74) is -0.746. The number of carbonyl (C=O) groups excluding carboxylic acids is 1. The zero-order valence-electron chi connectivity index (χ0n) is 10.4. The average molecular weight is 278 g/mol. The molecule has 2 atom stereocenters. The third-order valence-corrected chi connectivity index (χ3v) is 4.79. The van der Waals surface area contributed by atoms with Gasteiger partial charge in [-0.2, -0.15) is 0 Å². The minimum atomic E-state index is -3.07. The van der Waals surface area contributed by atoms with Crippen molar-refractivity contribution in [3.8, 4) is 0 Å². The lowest BCUT2D eigenvalue weighted by Crippen LogP contribution is -2.51. The van der Waals surface area contributed by atoms with Gasteiger partial charge in [0.25, 0.3) is 0 Å². The second-order valence-corrected chi connectivity index (χ2v) is 7.08. The molecule has 1 aliphatic heterocycles. The summed E-state index contributed by atoms with van der Waals surface area (Å²) in [5, 5.41) is 13.8. The fourth-order valence-corrected chi connectivity index (χ4v) is 3.92.